The van der Waals surface area contributed by atoms with E-state index in [9.17, 15) is 0 Å². The highest BCUT2D eigenvalue weighted by atomic mass is 14.9. The summed E-state index contributed by atoms with van der Waals surface area (Å²) in [6.45, 7) is 7.77. The molecule has 1 aromatic carbocycles. The van der Waals surface area contributed by atoms with Crippen LogP contribution < -0.4 is 5.32 Å². The Morgan fingerprint density at radius 3 is 2.88 bits per heavy atom. The Kier molecular flexibility index (Phi) is 3.65. The Morgan fingerprint density at radius 2 is 2.19 bits per heavy atom. The number of hydrogen-bond acceptors (Lipinski definition) is 1. The molecule has 16 heavy (non-hydrogen) atoms. The number of nitrogens with one attached hydrogen (secondary N) is 1. The minimum atomic E-state index is 0.660. The summed E-state index contributed by atoms with van der Waals surface area (Å²) in [6.07, 6.45) is 3.82. The molecule has 0 aromatic heterocycles. The first kappa shape index (κ1) is 11.7. The Balaban J connectivity index is 2.24. The minimum absolute atomic E-state index is 0.660. The second-order valence-electron chi connectivity index (χ2n) is 4.92. The summed E-state index contributed by atoms with van der Waals surface area (Å²) in [5, 5.41) is 3.63. The molecule has 88 valence electrons. The number of aryl methyl sites for hydroxylation is 2. The van der Waals surface area contributed by atoms with E-state index in [1.54, 1.807) is 11.1 Å². The van der Waals surface area contributed by atoms with Gasteiger partial charge in [-0.25, -0.2) is 0 Å². The van der Waals surface area contributed by atoms with Crippen molar-refractivity contribution in [2.75, 3.05) is 6.54 Å². The molecule has 1 aliphatic rings. The quantitative estimate of drug-likeness (QED) is 0.815. The summed E-state index contributed by atoms with van der Waals surface area (Å²) < 4.78 is 0. The van der Waals surface area contributed by atoms with Crippen molar-refractivity contribution in [3.05, 3.63) is 34.9 Å². The number of rotatable bonds is 4. The highest BCUT2D eigenvalue weighted by Gasteiger charge is 2.28. The summed E-state index contributed by atoms with van der Waals surface area (Å²) in [7, 11) is 0. The SMILES string of the molecule is CCNC(CC)C1CCc2ccc(C)cc21. The van der Waals surface area contributed by atoms with Gasteiger partial charge in [-0.3, -0.25) is 0 Å². The highest BCUT2D eigenvalue weighted by molar-refractivity contribution is 5.39. The van der Waals surface area contributed by atoms with E-state index in [1.807, 2.05) is 0 Å². The number of likely N-dealkylation sites (N-methyl/N-ethyl adjacent to an activating group) is 1. The Morgan fingerprint density at radius 1 is 1.38 bits per heavy atom. The van der Waals surface area contributed by atoms with Crippen molar-refractivity contribution < 1.29 is 0 Å². The fraction of sp³-hybridized carbons (Fsp3) is 0.600. The first-order chi connectivity index (χ1) is 7.76. The maximum atomic E-state index is 3.63. The van der Waals surface area contributed by atoms with E-state index >= 15 is 0 Å². The predicted octanol–water partition coefficient (Wildman–Crippen LogP) is 3.41. The fourth-order valence-corrected chi connectivity index (χ4v) is 3.00. The van der Waals surface area contributed by atoms with Crippen LogP contribution in [0.3, 0.4) is 0 Å². The molecule has 1 N–H and O–H groups in total. The molecule has 1 nitrogen and oxygen atoms in total. The van der Waals surface area contributed by atoms with Gasteiger partial charge in [0.2, 0.25) is 0 Å². The monoisotopic (exact) mass is 217 g/mol. The molecule has 0 saturated carbocycles. The third-order valence-corrected chi connectivity index (χ3v) is 3.82. The maximum absolute atomic E-state index is 3.63. The number of benzene rings is 1. The largest absolute Gasteiger partial charge is 0.314 e. The van der Waals surface area contributed by atoms with Crippen LogP contribution in [0.25, 0.3) is 0 Å². The van der Waals surface area contributed by atoms with Gasteiger partial charge in [0.1, 0.15) is 0 Å². The summed E-state index contributed by atoms with van der Waals surface area (Å²) >= 11 is 0. The van der Waals surface area contributed by atoms with Crippen LogP contribution in [0.15, 0.2) is 18.2 Å². The molecule has 0 amide bonds. The van der Waals surface area contributed by atoms with Crippen LogP contribution in [-0.4, -0.2) is 12.6 Å². The zero-order chi connectivity index (χ0) is 11.5. The Bertz CT molecular complexity index is 356. The summed E-state index contributed by atoms with van der Waals surface area (Å²) in [6, 6.07) is 7.62. The van der Waals surface area contributed by atoms with Crippen molar-refractivity contribution >= 4 is 0 Å². The van der Waals surface area contributed by atoms with Crippen molar-refractivity contribution in [3.63, 3.8) is 0 Å². The summed E-state index contributed by atoms with van der Waals surface area (Å²) in [4.78, 5) is 0. The standard InChI is InChI=1S/C15H23N/c1-4-15(16-5-2)13-9-8-12-7-6-11(3)10-14(12)13/h6-7,10,13,15-16H,4-5,8-9H2,1-3H3. The lowest BCUT2D eigenvalue weighted by Gasteiger charge is -2.24. The van der Waals surface area contributed by atoms with Crippen molar-refractivity contribution in [2.45, 2.75) is 52.0 Å². The maximum Gasteiger partial charge on any atom is 0.0133 e. The first-order valence-corrected chi connectivity index (χ1v) is 6.59. The molecule has 0 bridgehead atoms. The van der Waals surface area contributed by atoms with Crippen LogP contribution in [0, 0.1) is 6.92 Å². The molecule has 0 heterocycles. The lowest BCUT2D eigenvalue weighted by Crippen LogP contribution is -2.33. The third-order valence-electron chi connectivity index (χ3n) is 3.82. The molecule has 2 rings (SSSR count). The van der Waals surface area contributed by atoms with Crippen molar-refractivity contribution in [1.29, 1.82) is 0 Å². The fourth-order valence-electron chi connectivity index (χ4n) is 3.00. The molecule has 0 fully saturated rings. The molecule has 1 aliphatic carbocycles. The molecule has 0 radical (unpaired) electrons. The van der Waals surface area contributed by atoms with E-state index in [2.05, 4.69) is 44.3 Å². The van der Waals surface area contributed by atoms with Gasteiger partial charge in [-0.2, -0.15) is 0 Å². The van der Waals surface area contributed by atoms with Crippen LogP contribution in [0.2, 0.25) is 0 Å². The van der Waals surface area contributed by atoms with Crippen LogP contribution in [-0.2, 0) is 6.42 Å². The number of hydrogen-bond donors (Lipinski definition) is 1. The van der Waals surface area contributed by atoms with Gasteiger partial charge in [-0.15, -0.1) is 0 Å². The molecule has 0 aliphatic heterocycles. The van der Waals surface area contributed by atoms with Gasteiger partial charge in [0, 0.05) is 6.04 Å². The normalized spacial score (nSPS) is 20.8. The average Bonchev–Trinajstić information content (AvgIpc) is 2.69. The van der Waals surface area contributed by atoms with Gasteiger partial charge < -0.3 is 5.32 Å². The van der Waals surface area contributed by atoms with Gasteiger partial charge in [0.05, 0.1) is 0 Å². The van der Waals surface area contributed by atoms with Gasteiger partial charge in [-0.05, 0) is 49.8 Å². The highest BCUT2D eigenvalue weighted by Crippen LogP contribution is 2.36. The average molecular weight is 217 g/mol. The lowest BCUT2D eigenvalue weighted by atomic mass is 9.90. The number of fused-ring (bicyclic) bond motifs is 1. The van der Waals surface area contributed by atoms with Crippen LogP contribution >= 0.6 is 0 Å². The van der Waals surface area contributed by atoms with Gasteiger partial charge in [0.25, 0.3) is 0 Å². The Labute approximate surface area is 99.3 Å². The smallest absolute Gasteiger partial charge is 0.0133 e. The molecule has 0 saturated heterocycles. The van der Waals surface area contributed by atoms with Crippen LogP contribution in [0.1, 0.15) is 49.3 Å². The van der Waals surface area contributed by atoms with Gasteiger partial charge in [-0.1, -0.05) is 37.6 Å². The molecule has 1 aromatic rings. The molecule has 2 atom stereocenters. The zero-order valence-corrected chi connectivity index (χ0v) is 10.7. The Hall–Kier alpha value is -0.820. The van der Waals surface area contributed by atoms with E-state index in [0.29, 0.717) is 6.04 Å². The molecule has 2 unspecified atom stereocenters. The van der Waals surface area contributed by atoms with E-state index in [1.165, 1.54) is 24.8 Å². The van der Waals surface area contributed by atoms with Gasteiger partial charge in [0.15, 0.2) is 0 Å². The molecular weight excluding hydrogens is 194 g/mol. The predicted molar refractivity (Wildman–Crippen MR) is 70.0 cm³/mol. The van der Waals surface area contributed by atoms with Crippen molar-refractivity contribution in [2.24, 2.45) is 0 Å². The summed E-state index contributed by atoms with van der Waals surface area (Å²) in [5.41, 5.74) is 4.58. The molecular formula is C15H23N. The van der Waals surface area contributed by atoms with E-state index < -0.39 is 0 Å². The van der Waals surface area contributed by atoms with Crippen LogP contribution in [0.4, 0.5) is 0 Å². The second-order valence-corrected chi connectivity index (χ2v) is 4.92. The lowest BCUT2D eigenvalue weighted by molar-refractivity contribution is 0.426. The molecule has 0 spiro atoms. The minimum Gasteiger partial charge on any atom is -0.314 e. The van der Waals surface area contributed by atoms with Crippen LogP contribution in [0.5, 0.6) is 0 Å². The first-order valence-electron chi connectivity index (χ1n) is 6.59. The van der Waals surface area contributed by atoms with Crippen molar-refractivity contribution in [1.82, 2.24) is 5.32 Å². The van der Waals surface area contributed by atoms with E-state index in [-0.39, 0.29) is 0 Å². The van der Waals surface area contributed by atoms with Gasteiger partial charge >= 0.3 is 0 Å². The second kappa shape index (κ2) is 5.01. The molecule has 1 heteroatoms. The zero-order valence-electron chi connectivity index (χ0n) is 10.7. The summed E-state index contributed by atoms with van der Waals surface area (Å²) in [5.74, 6) is 0.736. The van der Waals surface area contributed by atoms with E-state index in [4.69, 9.17) is 0 Å². The van der Waals surface area contributed by atoms with Crippen molar-refractivity contribution in [3.8, 4) is 0 Å². The van der Waals surface area contributed by atoms with E-state index in [0.717, 1.165) is 12.5 Å². The third kappa shape index (κ3) is 2.15. The topological polar surface area (TPSA) is 12.0 Å².